The van der Waals surface area contributed by atoms with Crippen LogP contribution in [0.2, 0.25) is 0 Å². The van der Waals surface area contributed by atoms with Crippen LogP contribution in [0.5, 0.6) is 0 Å². The molecule has 0 radical (unpaired) electrons. The summed E-state index contributed by atoms with van der Waals surface area (Å²) in [5.41, 5.74) is 0. The highest BCUT2D eigenvalue weighted by Crippen LogP contribution is 2.16. The van der Waals surface area contributed by atoms with Crippen LogP contribution in [0, 0.1) is 0 Å². The van der Waals surface area contributed by atoms with Crippen LogP contribution in [0.3, 0.4) is 0 Å². The summed E-state index contributed by atoms with van der Waals surface area (Å²) < 4.78 is 16.8. The third kappa shape index (κ3) is 55.4. The summed E-state index contributed by atoms with van der Waals surface area (Å²) in [5, 5.41) is 0. The number of carbonyl (C=O) groups excluding carboxylic acids is 3. The van der Waals surface area contributed by atoms with Crippen LogP contribution in [-0.2, 0) is 28.6 Å². The number of hydrogen-bond acceptors (Lipinski definition) is 6. The highest BCUT2D eigenvalue weighted by atomic mass is 16.6. The van der Waals surface area contributed by atoms with Gasteiger partial charge in [0.2, 0.25) is 0 Å². The van der Waals surface area contributed by atoms with Gasteiger partial charge >= 0.3 is 17.9 Å². The van der Waals surface area contributed by atoms with Crippen molar-refractivity contribution in [1.82, 2.24) is 0 Å². The van der Waals surface area contributed by atoms with Crippen LogP contribution in [0.15, 0.2) is 85.1 Å². The first-order valence-corrected chi connectivity index (χ1v) is 29.1. The largest absolute Gasteiger partial charge is 0.462 e. The van der Waals surface area contributed by atoms with Gasteiger partial charge in [0.1, 0.15) is 13.2 Å². The summed E-state index contributed by atoms with van der Waals surface area (Å²) in [6.07, 6.45) is 74.3. The summed E-state index contributed by atoms with van der Waals surface area (Å²) in [5.74, 6) is -0.934. The van der Waals surface area contributed by atoms with Crippen molar-refractivity contribution < 1.29 is 28.6 Å². The van der Waals surface area contributed by atoms with Crippen LogP contribution in [0.4, 0.5) is 0 Å². The van der Waals surface area contributed by atoms with Crippen molar-refractivity contribution in [2.45, 2.75) is 284 Å². The fourth-order valence-electron chi connectivity index (χ4n) is 8.03. The van der Waals surface area contributed by atoms with Gasteiger partial charge in [-0.05, 0) is 96.3 Å². The van der Waals surface area contributed by atoms with Crippen LogP contribution in [0.25, 0.3) is 0 Å². The average molecular weight is 962 g/mol. The maximum atomic E-state index is 12.8. The van der Waals surface area contributed by atoms with Crippen LogP contribution >= 0.6 is 0 Å². The molecule has 396 valence electrons. The first-order valence-electron chi connectivity index (χ1n) is 29.1. The number of allylic oxidation sites excluding steroid dienone is 14. The van der Waals surface area contributed by atoms with Crippen molar-refractivity contribution in [2.75, 3.05) is 13.2 Å². The summed E-state index contributed by atoms with van der Waals surface area (Å²) in [6, 6.07) is 0. The molecule has 0 aliphatic heterocycles. The molecule has 0 fully saturated rings. The maximum Gasteiger partial charge on any atom is 0.306 e. The van der Waals surface area contributed by atoms with Crippen molar-refractivity contribution in [1.29, 1.82) is 0 Å². The summed E-state index contributed by atoms with van der Waals surface area (Å²) >= 11 is 0. The molecule has 0 heterocycles. The van der Waals surface area contributed by atoms with E-state index in [2.05, 4.69) is 106 Å². The number of carbonyl (C=O) groups is 3. The quantitative estimate of drug-likeness (QED) is 0.0262. The van der Waals surface area contributed by atoms with Gasteiger partial charge in [-0.1, -0.05) is 247 Å². The Bertz CT molecular complexity index is 1330. The minimum Gasteiger partial charge on any atom is -0.462 e. The van der Waals surface area contributed by atoms with E-state index < -0.39 is 6.10 Å². The lowest BCUT2D eigenvalue weighted by molar-refractivity contribution is -0.167. The van der Waals surface area contributed by atoms with E-state index >= 15 is 0 Å². The molecular formula is C63H108O6. The SMILES string of the molecule is CC/C=C\C/C=C\C/C=C\CCCCCCCC(=O)O[C@H](COC(=O)CCCCC/C=C\C/C=C\C/C=C\C/C=C\CCCCC)COC(=O)CCCCCCCCCCCCCCCCCCC. The van der Waals surface area contributed by atoms with Gasteiger partial charge in [-0.15, -0.1) is 0 Å². The molecule has 0 saturated heterocycles. The van der Waals surface area contributed by atoms with E-state index in [1.807, 2.05) is 0 Å². The molecule has 0 spiro atoms. The molecule has 0 aromatic heterocycles. The molecule has 0 aliphatic carbocycles. The smallest absolute Gasteiger partial charge is 0.306 e. The molecule has 1 atom stereocenters. The Morgan fingerprint density at radius 3 is 0.928 bits per heavy atom. The Balaban J connectivity index is 4.44. The number of hydrogen-bond donors (Lipinski definition) is 0. The topological polar surface area (TPSA) is 78.9 Å². The van der Waals surface area contributed by atoms with Crippen molar-refractivity contribution in [3.05, 3.63) is 85.1 Å². The minimum absolute atomic E-state index is 0.0922. The van der Waals surface area contributed by atoms with Gasteiger partial charge in [0, 0.05) is 19.3 Å². The summed E-state index contributed by atoms with van der Waals surface area (Å²) in [6.45, 7) is 6.48. The first-order chi connectivity index (χ1) is 34.0. The molecule has 0 aromatic carbocycles. The molecule has 0 amide bonds. The summed E-state index contributed by atoms with van der Waals surface area (Å²) in [7, 11) is 0. The van der Waals surface area contributed by atoms with E-state index in [9.17, 15) is 14.4 Å². The van der Waals surface area contributed by atoms with Gasteiger partial charge in [0.05, 0.1) is 0 Å². The number of unbranched alkanes of at least 4 members (excludes halogenated alkanes) is 27. The van der Waals surface area contributed by atoms with E-state index in [1.165, 1.54) is 116 Å². The summed E-state index contributed by atoms with van der Waals surface area (Å²) in [4.78, 5) is 38.2. The zero-order chi connectivity index (χ0) is 50.0. The normalized spacial score (nSPS) is 12.7. The lowest BCUT2D eigenvalue weighted by Crippen LogP contribution is -2.30. The number of ether oxygens (including phenoxy) is 3. The van der Waals surface area contributed by atoms with Gasteiger partial charge in [-0.25, -0.2) is 0 Å². The predicted octanol–water partition coefficient (Wildman–Crippen LogP) is 19.5. The van der Waals surface area contributed by atoms with Gasteiger partial charge in [0.15, 0.2) is 6.10 Å². The Hall–Kier alpha value is -3.41. The second-order valence-corrected chi connectivity index (χ2v) is 19.2. The Labute approximate surface area is 426 Å². The van der Waals surface area contributed by atoms with Gasteiger partial charge < -0.3 is 14.2 Å². The lowest BCUT2D eigenvalue weighted by Gasteiger charge is -2.18. The molecule has 0 unspecified atom stereocenters. The van der Waals surface area contributed by atoms with E-state index in [4.69, 9.17) is 14.2 Å². The number of rotatable bonds is 52. The van der Waals surface area contributed by atoms with E-state index in [1.54, 1.807) is 0 Å². The van der Waals surface area contributed by atoms with Crippen LogP contribution in [0.1, 0.15) is 278 Å². The second kappa shape index (κ2) is 57.2. The van der Waals surface area contributed by atoms with Crippen molar-refractivity contribution >= 4 is 17.9 Å². The molecular weight excluding hydrogens is 853 g/mol. The third-order valence-corrected chi connectivity index (χ3v) is 12.4. The standard InChI is InChI=1S/C63H108O6/c1-4-7-10-13-16-19-22-25-28-30-31-33-36-38-41-44-47-50-53-56-62(65)68-59-60(69-63(66)57-54-51-48-45-42-39-34-27-24-21-18-15-12-9-6-3)58-67-61(64)55-52-49-46-43-40-37-35-32-29-26-23-20-17-14-11-8-5-2/h9,12,16,18-19,21,25,27-28,31,33-34,38,41,60H,4-8,10-11,13-15,17,20,22-24,26,29-30,32,35-37,39-40,42-59H2,1-3H3/b12-9-,19-16-,21-18-,28-25-,33-31-,34-27-,41-38-/t60-/m0/s1. The highest BCUT2D eigenvalue weighted by molar-refractivity contribution is 5.71. The van der Waals surface area contributed by atoms with Crippen LogP contribution in [-0.4, -0.2) is 37.2 Å². The highest BCUT2D eigenvalue weighted by Gasteiger charge is 2.19. The Morgan fingerprint density at radius 2 is 0.565 bits per heavy atom. The third-order valence-electron chi connectivity index (χ3n) is 12.4. The second-order valence-electron chi connectivity index (χ2n) is 19.2. The molecule has 6 heteroatoms. The van der Waals surface area contributed by atoms with Gasteiger partial charge in [0.25, 0.3) is 0 Å². The predicted molar refractivity (Wildman–Crippen MR) is 297 cm³/mol. The van der Waals surface area contributed by atoms with Gasteiger partial charge in [-0.3, -0.25) is 14.4 Å². The Morgan fingerprint density at radius 1 is 0.304 bits per heavy atom. The van der Waals surface area contributed by atoms with Crippen LogP contribution < -0.4 is 0 Å². The van der Waals surface area contributed by atoms with Crippen molar-refractivity contribution in [3.8, 4) is 0 Å². The first kappa shape index (κ1) is 65.6. The maximum absolute atomic E-state index is 12.8. The molecule has 0 rings (SSSR count). The molecule has 6 nitrogen and oxygen atoms in total. The molecule has 0 saturated carbocycles. The minimum atomic E-state index is -0.798. The fourth-order valence-corrected chi connectivity index (χ4v) is 8.03. The van der Waals surface area contributed by atoms with Gasteiger partial charge in [-0.2, -0.15) is 0 Å². The molecule has 0 bridgehead atoms. The number of esters is 3. The molecule has 0 aromatic rings. The monoisotopic (exact) mass is 961 g/mol. The Kier molecular flexibility index (Phi) is 54.3. The zero-order valence-electron chi connectivity index (χ0n) is 45.3. The van der Waals surface area contributed by atoms with E-state index in [-0.39, 0.29) is 31.1 Å². The van der Waals surface area contributed by atoms with Crippen molar-refractivity contribution in [2.24, 2.45) is 0 Å². The average Bonchev–Trinajstić information content (AvgIpc) is 3.35. The van der Waals surface area contributed by atoms with E-state index in [0.29, 0.717) is 19.3 Å². The molecule has 0 aliphatic rings. The molecule has 0 N–H and O–H groups in total. The van der Waals surface area contributed by atoms with Crippen molar-refractivity contribution in [3.63, 3.8) is 0 Å². The zero-order valence-corrected chi connectivity index (χ0v) is 45.3. The lowest BCUT2D eigenvalue weighted by atomic mass is 10.0. The van der Waals surface area contributed by atoms with E-state index in [0.717, 1.165) is 122 Å². The molecule has 69 heavy (non-hydrogen) atoms. The fraction of sp³-hybridized carbons (Fsp3) is 0.730.